The first kappa shape index (κ1) is 14.6. The lowest BCUT2D eigenvalue weighted by Gasteiger charge is -2.50. The van der Waals surface area contributed by atoms with Gasteiger partial charge in [-0.15, -0.1) is 0 Å². The van der Waals surface area contributed by atoms with Crippen LogP contribution in [0.5, 0.6) is 0 Å². The molecule has 2 aliphatic rings. The molecule has 0 aromatic rings. The third-order valence-electron chi connectivity index (χ3n) is 4.66. The van der Waals surface area contributed by atoms with Gasteiger partial charge in [-0.05, 0) is 26.7 Å². The van der Waals surface area contributed by atoms with Crippen LogP contribution in [0.15, 0.2) is 5.16 Å². The van der Waals surface area contributed by atoms with Gasteiger partial charge in [-0.1, -0.05) is 11.6 Å². The van der Waals surface area contributed by atoms with Crippen molar-refractivity contribution in [1.82, 2.24) is 9.80 Å². The second-order valence-corrected chi connectivity index (χ2v) is 6.16. The first-order valence-electron chi connectivity index (χ1n) is 6.83. The number of piperazine rings is 1. The fourth-order valence-corrected chi connectivity index (χ4v) is 3.03. The van der Waals surface area contributed by atoms with Crippen molar-refractivity contribution in [3.05, 3.63) is 0 Å². The Morgan fingerprint density at radius 1 is 1.35 bits per heavy atom. The Morgan fingerprint density at radius 2 is 1.95 bits per heavy atom. The first-order chi connectivity index (χ1) is 9.27. The minimum absolute atomic E-state index is 0.0454. The van der Waals surface area contributed by atoms with Crippen molar-refractivity contribution in [2.24, 2.45) is 16.3 Å². The molecule has 1 saturated carbocycles. The summed E-state index contributed by atoms with van der Waals surface area (Å²) < 4.78 is 0. The summed E-state index contributed by atoms with van der Waals surface area (Å²) in [5.74, 6) is -0.340. The SMILES string of the molecule is CN1CCN(C(=O)C2(C(N)=NO)CCC2)C(C)(C)C1=O. The van der Waals surface area contributed by atoms with Crippen LogP contribution < -0.4 is 5.73 Å². The number of amidine groups is 1. The first-order valence-corrected chi connectivity index (χ1v) is 6.83. The van der Waals surface area contributed by atoms with Crippen molar-refractivity contribution in [1.29, 1.82) is 0 Å². The van der Waals surface area contributed by atoms with Gasteiger partial charge in [0.2, 0.25) is 11.8 Å². The van der Waals surface area contributed by atoms with E-state index in [1.165, 1.54) is 0 Å². The van der Waals surface area contributed by atoms with Crippen LogP contribution in [0.2, 0.25) is 0 Å². The van der Waals surface area contributed by atoms with Gasteiger partial charge in [0.15, 0.2) is 5.84 Å². The molecule has 1 heterocycles. The number of carbonyl (C=O) groups excluding carboxylic acids is 2. The molecule has 0 aromatic heterocycles. The average Bonchev–Trinajstić information content (AvgIpc) is 2.34. The molecule has 0 atom stereocenters. The smallest absolute Gasteiger partial charge is 0.247 e. The molecule has 7 heteroatoms. The van der Waals surface area contributed by atoms with Gasteiger partial charge in [-0.25, -0.2) is 0 Å². The van der Waals surface area contributed by atoms with Gasteiger partial charge < -0.3 is 20.7 Å². The molecule has 0 bridgehead atoms. The molecule has 1 aliphatic heterocycles. The number of rotatable bonds is 2. The number of oxime groups is 1. The summed E-state index contributed by atoms with van der Waals surface area (Å²) in [5, 5.41) is 12.0. The maximum Gasteiger partial charge on any atom is 0.247 e. The van der Waals surface area contributed by atoms with E-state index in [1.807, 2.05) is 0 Å². The molecule has 0 aromatic carbocycles. The van der Waals surface area contributed by atoms with Crippen molar-refractivity contribution < 1.29 is 14.8 Å². The summed E-state index contributed by atoms with van der Waals surface area (Å²) in [7, 11) is 1.73. The standard InChI is InChI=1S/C13H22N4O3/c1-12(2)10(18)16(3)7-8-17(12)11(19)13(5-4-6-13)9(14)15-20/h20H,4-8H2,1-3H3,(H2,14,15). The Balaban J connectivity index is 2.31. The lowest BCUT2D eigenvalue weighted by Crippen LogP contribution is -2.68. The predicted molar refractivity (Wildman–Crippen MR) is 73.1 cm³/mol. The van der Waals surface area contributed by atoms with Crippen molar-refractivity contribution in [2.75, 3.05) is 20.1 Å². The summed E-state index contributed by atoms with van der Waals surface area (Å²) in [6, 6.07) is 0. The van der Waals surface area contributed by atoms with Crippen molar-refractivity contribution in [2.45, 2.75) is 38.6 Å². The fourth-order valence-electron chi connectivity index (χ4n) is 3.03. The molecule has 7 nitrogen and oxygen atoms in total. The van der Waals surface area contributed by atoms with Crippen LogP contribution in [0.3, 0.4) is 0 Å². The normalized spacial score (nSPS) is 25.4. The van der Waals surface area contributed by atoms with E-state index in [0.717, 1.165) is 6.42 Å². The number of hydrogen-bond donors (Lipinski definition) is 2. The lowest BCUT2D eigenvalue weighted by molar-refractivity contribution is -0.163. The minimum Gasteiger partial charge on any atom is -0.409 e. The van der Waals surface area contributed by atoms with Crippen LogP contribution in [0.25, 0.3) is 0 Å². The van der Waals surface area contributed by atoms with Gasteiger partial charge in [-0.3, -0.25) is 9.59 Å². The molecule has 1 aliphatic carbocycles. The highest BCUT2D eigenvalue weighted by Gasteiger charge is 2.54. The molecule has 0 unspecified atom stereocenters. The molecule has 20 heavy (non-hydrogen) atoms. The summed E-state index contributed by atoms with van der Waals surface area (Å²) in [5.41, 5.74) is 3.90. The average molecular weight is 282 g/mol. The van der Waals surface area contributed by atoms with Crippen LogP contribution in [0.1, 0.15) is 33.1 Å². The zero-order valence-corrected chi connectivity index (χ0v) is 12.2. The Bertz CT molecular complexity index is 468. The van der Waals surface area contributed by atoms with Gasteiger partial charge in [0.1, 0.15) is 11.0 Å². The molecular formula is C13H22N4O3. The van der Waals surface area contributed by atoms with E-state index < -0.39 is 11.0 Å². The quantitative estimate of drug-likeness (QED) is 0.322. The summed E-state index contributed by atoms with van der Waals surface area (Å²) >= 11 is 0. The maximum absolute atomic E-state index is 12.9. The second-order valence-electron chi connectivity index (χ2n) is 6.16. The van der Waals surface area contributed by atoms with E-state index in [1.54, 1.807) is 30.7 Å². The molecule has 2 amide bonds. The molecule has 2 fully saturated rings. The summed E-state index contributed by atoms with van der Waals surface area (Å²) in [6.45, 7) is 4.44. The van der Waals surface area contributed by atoms with Crippen LogP contribution in [-0.4, -0.2) is 58.3 Å². The van der Waals surface area contributed by atoms with E-state index in [9.17, 15) is 9.59 Å². The van der Waals surface area contributed by atoms with Crippen LogP contribution in [-0.2, 0) is 9.59 Å². The maximum atomic E-state index is 12.9. The molecule has 0 radical (unpaired) electrons. The second kappa shape index (κ2) is 4.64. The Hall–Kier alpha value is -1.79. The van der Waals surface area contributed by atoms with E-state index in [-0.39, 0.29) is 17.6 Å². The molecule has 1 saturated heterocycles. The van der Waals surface area contributed by atoms with E-state index in [2.05, 4.69) is 5.16 Å². The zero-order valence-electron chi connectivity index (χ0n) is 12.2. The number of nitrogens with zero attached hydrogens (tertiary/aromatic N) is 3. The largest absolute Gasteiger partial charge is 0.409 e. The van der Waals surface area contributed by atoms with E-state index in [4.69, 9.17) is 10.9 Å². The third kappa shape index (κ3) is 1.83. The number of hydrogen-bond acceptors (Lipinski definition) is 4. The number of amides is 2. The van der Waals surface area contributed by atoms with Gasteiger partial charge in [0.05, 0.1) is 0 Å². The predicted octanol–water partition coefficient (Wildman–Crippen LogP) is -0.0177. The highest BCUT2D eigenvalue weighted by Crippen LogP contribution is 2.44. The van der Waals surface area contributed by atoms with E-state index >= 15 is 0 Å². The Labute approximate surface area is 118 Å². The molecule has 3 N–H and O–H groups in total. The monoisotopic (exact) mass is 282 g/mol. The molecule has 112 valence electrons. The topological polar surface area (TPSA) is 99.2 Å². The van der Waals surface area contributed by atoms with Crippen LogP contribution >= 0.6 is 0 Å². The van der Waals surface area contributed by atoms with Gasteiger partial charge in [0.25, 0.3) is 0 Å². The number of likely N-dealkylation sites (N-methyl/N-ethyl adjacent to an activating group) is 1. The van der Waals surface area contributed by atoms with Crippen molar-refractivity contribution in [3.63, 3.8) is 0 Å². The van der Waals surface area contributed by atoms with Crippen molar-refractivity contribution in [3.8, 4) is 0 Å². The Kier molecular flexibility index (Phi) is 3.39. The van der Waals surface area contributed by atoms with Gasteiger partial charge in [0, 0.05) is 20.1 Å². The molecular weight excluding hydrogens is 260 g/mol. The zero-order chi connectivity index (χ0) is 15.1. The number of carbonyl (C=O) groups is 2. The Morgan fingerprint density at radius 3 is 2.40 bits per heavy atom. The minimum atomic E-state index is -0.928. The molecule has 0 spiro atoms. The highest BCUT2D eigenvalue weighted by atomic mass is 16.4. The lowest BCUT2D eigenvalue weighted by atomic mass is 9.66. The van der Waals surface area contributed by atoms with Crippen LogP contribution in [0.4, 0.5) is 0 Å². The van der Waals surface area contributed by atoms with Gasteiger partial charge in [-0.2, -0.15) is 0 Å². The molecule has 2 rings (SSSR count). The third-order valence-corrected chi connectivity index (χ3v) is 4.66. The van der Waals surface area contributed by atoms with Crippen LogP contribution in [0, 0.1) is 5.41 Å². The van der Waals surface area contributed by atoms with Crippen molar-refractivity contribution >= 4 is 17.6 Å². The summed E-state index contributed by atoms with van der Waals surface area (Å²) in [6.07, 6.45) is 2.00. The summed E-state index contributed by atoms with van der Waals surface area (Å²) in [4.78, 5) is 28.3. The van der Waals surface area contributed by atoms with Gasteiger partial charge >= 0.3 is 0 Å². The highest BCUT2D eigenvalue weighted by molar-refractivity contribution is 6.09. The van der Waals surface area contributed by atoms with E-state index in [0.29, 0.717) is 25.9 Å². The number of nitrogens with two attached hydrogens (primary N) is 1. The fraction of sp³-hybridized carbons (Fsp3) is 0.769.